The summed E-state index contributed by atoms with van der Waals surface area (Å²) in [5.41, 5.74) is 5.43. The highest BCUT2D eigenvalue weighted by Gasteiger charge is 2.27. The summed E-state index contributed by atoms with van der Waals surface area (Å²) < 4.78 is 1.94. The molecule has 4 rings (SSSR count). The van der Waals surface area contributed by atoms with Gasteiger partial charge < -0.3 is 5.32 Å². The summed E-state index contributed by atoms with van der Waals surface area (Å²) >= 11 is 6.95. The topological polar surface area (TPSA) is 75.6 Å². The van der Waals surface area contributed by atoms with E-state index < -0.39 is 0 Å². The number of aromatic amines is 1. The third kappa shape index (κ3) is 6.03. The van der Waals surface area contributed by atoms with E-state index in [1.54, 1.807) is 6.20 Å². The van der Waals surface area contributed by atoms with Gasteiger partial charge in [0.25, 0.3) is 5.91 Å². The number of rotatable bonds is 6. The lowest BCUT2D eigenvalue weighted by molar-refractivity contribution is 0.0945. The maximum Gasteiger partial charge on any atom is 0.273 e. The first kappa shape index (κ1) is 26.5. The van der Waals surface area contributed by atoms with Crippen LogP contribution < -0.4 is 5.32 Å². The highest BCUT2D eigenvalue weighted by molar-refractivity contribution is 6.34. The van der Waals surface area contributed by atoms with Gasteiger partial charge in [-0.1, -0.05) is 91.3 Å². The number of carbonyl (C=O) groups is 1. The molecule has 0 aliphatic heterocycles. The Kier molecular flexibility index (Phi) is 7.65. The molecule has 0 radical (unpaired) electrons. The minimum absolute atomic E-state index is 0.0270. The zero-order chi connectivity index (χ0) is 26.1. The number of hydrogen-bond acceptors (Lipinski definition) is 3. The van der Waals surface area contributed by atoms with E-state index in [1.165, 1.54) is 43.2 Å². The van der Waals surface area contributed by atoms with Crippen LogP contribution in [0.1, 0.15) is 107 Å². The van der Waals surface area contributed by atoms with Crippen molar-refractivity contribution in [2.45, 2.75) is 97.4 Å². The van der Waals surface area contributed by atoms with E-state index in [4.69, 9.17) is 16.7 Å². The fourth-order valence-corrected chi connectivity index (χ4v) is 5.16. The lowest BCUT2D eigenvalue weighted by atomic mass is 9.80. The summed E-state index contributed by atoms with van der Waals surface area (Å²) in [5.74, 6) is 0.279. The number of amides is 1. The quantitative estimate of drug-likeness (QED) is 0.379. The zero-order valence-electron chi connectivity index (χ0n) is 22.5. The third-order valence-corrected chi connectivity index (χ3v) is 7.63. The van der Waals surface area contributed by atoms with Crippen molar-refractivity contribution in [3.8, 4) is 5.69 Å². The molecule has 36 heavy (non-hydrogen) atoms. The average Bonchev–Trinajstić information content (AvgIpc) is 3.45. The largest absolute Gasteiger partial charge is 0.345 e. The molecule has 2 N–H and O–H groups in total. The Morgan fingerprint density at radius 2 is 1.69 bits per heavy atom. The first-order valence-corrected chi connectivity index (χ1v) is 13.5. The van der Waals surface area contributed by atoms with Gasteiger partial charge in [-0.05, 0) is 52.5 Å². The van der Waals surface area contributed by atoms with Crippen molar-refractivity contribution in [3.05, 3.63) is 63.7 Å². The number of H-pyrrole nitrogens is 1. The lowest BCUT2D eigenvalue weighted by Gasteiger charge is -2.27. The van der Waals surface area contributed by atoms with Gasteiger partial charge in [0.1, 0.15) is 0 Å². The summed E-state index contributed by atoms with van der Waals surface area (Å²) in [5, 5.41) is 15.1. The maximum atomic E-state index is 13.2. The minimum Gasteiger partial charge on any atom is -0.345 e. The highest BCUT2D eigenvalue weighted by atomic mass is 35.5. The van der Waals surface area contributed by atoms with E-state index in [9.17, 15) is 4.79 Å². The Hall–Kier alpha value is -2.60. The third-order valence-electron chi connectivity index (χ3n) is 7.23. The first-order chi connectivity index (χ1) is 16.9. The van der Waals surface area contributed by atoms with Crippen LogP contribution in [0.5, 0.6) is 0 Å². The van der Waals surface area contributed by atoms with Gasteiger partial charge in [0.15, 0.2) is 5.69 Å². The molecule has 1 fully saturated rings. The molecule has 0 saturated heterocycles. The second-order valence-corrected chi connectivity index (χ2v) is 12.6. The number of carbonyl (C=O) groups excluding carboxylic acids is 1. The Balaban J connectivity index is 1.79. The maximum absolute atomic E-state index is 13.2. The number of halogens is 1. The number of aromatic nitrogens is 4. The van der Waals surface area contributed by atoms with E-state index in [0.29, 0.717) is 17.5 Å². The fourth-order valence-electron chi connectivity index (χ4n) is 4.88. The molecule has 1 amide bonds. The molecule has 2 heterocycles. The van der Waals surface area contributed by atoms with Crippen LogP contribution in [0.25, 0.3) is 5.69 Å². The number of nitrogens with zero attached hydrogens (tertiary/aromatic N) is 3. The molecule has 194 valence electrons. The molecule has 7 heteroatoms. The monoisotopic (exact) mass is 509 g/mol. The van der Waals surface area contributed by atoms with Gasteiger partial charge in [-0.15, -0.1) is 0 Å². The van der Waals surface area contributed by atoms with Crippen molar-refractivity contribution in [3.63, 3.8) is 0 Å². The molecule has 1 aliphatic rings. The molecule has 1 aromatic carbocycles. The van der Waals surface area contributed by atoms with Gasteiger partial charge in [0, 0.05) is 6.20 Å². The van der Waals surface area contributed by atoms with Gasteiger partial charge in [-0.2, -0.15) is 10.2 Å². The second kappa shape index (κ2) is 10.4. The van der Waals surface area contributed by atoms with Crippen molar-refractivity contribution >= 4 is 17.5 Å². The van der Waals surface area contributed by atoms with Crippen LogP contribution in [0.3, 0.4) is 0 Å². The smallest absolute Gasteiger partial charge is 0.273 e. The van der Waals surface area contributed by atoms with Crippen molar-refractivity contribution in [1.82, 2.24) is 25.3 Å². The number of hydrogen-bond donors (Lipinski definition) is 2. The Bertz CT molecular complexity index is 1160. The minimum atomic E-state index is -0.277. The van der Waals surface area contributed by atoms with Gasteiger partial charge in [0.2, 0.25) is 0 Å². The molecule has 0 unspecified atom stereocenters. The van der Waals surface area contributed by atoms with E-state index in [2.05, 4.69) is 75.3 Å². The van der Waals surface area contributed by atoms with Gasteiger partial charge in [-0.25, -0.2) is 4.68 Å². The van der Waals surface area contributed by atoms with Gasteiger partial charge in [-0.3, -0.25) is 9.89 Å². The van der Waals surface area contributed by atoms with Crippen LogP contribution in [0, 0.1) is 5.92 Å². The molecule has 1 saturated carbocycles. The van der Waals surface area contributed by atoms with E-state index in [0.717, 1.165) is 23.5 Å². The predicted octanol–water partition coefficient (Wildman–Crippen LogP) is 6.90. The summed E-state index contributed by atoms with van der Waals surface area (Å²) in [6.45, 7) is 13.7. The Labute approximate surface area is 220 Å². The Morgan fingerprint density at radius 3 is 2.25 bits per heavy atom. The fraction of sp³-hybridized carbons (Fsp3) is 0.552. The van der Waals surface area contributed by atoms with Crippen molar-refractivity contribution < 1.29 is 4.79 Å². The van der Waals surface area contributed by atoms with Crippen LogP contribution in [0.15, 0.2) is 30.5 Å². The van der Waals surface area contributed by atoms with Crippen LogP contribution in [0.2, 0.25) is 5.02 Å². The predicted molar refractivity (Wildman–Crippen MR) is 146 cm³/mol. The first-order valence-electron chi connectivity index (χ1n) is 13.1. The highest BCUT2D eigenvalue weighted by Crippen LogP contribution is 2.35. The summed E-state index contributed by atoms with van der Waals surface area (Å²) in [6, 6.07) is 8.54. The Morgan fingerprint density at radius 1 is 1.06 bits per heavy atom. The van der Waals surface area contributed by atoms with Gasteiger partial charge in [0.05, 0.1) is 28.6 Å². The van der Waals surface area contributed by atoms with Crippen LogP contribution in [-0.4, -0.2) is 25.9 Å². The molecule has 2 aromatic heterocycles. The average molecular weight is 510 g/mol. The van der Waals surface area contributed by atoms with E-state index in [-0.39, 0.29) is 22.4 Å². The SMILES string of the molecule is CC(C)(C)c1cc(-n2nc(C(=O)NCc3ccn[nH]3)c(Cl)c2CC2CCCCC2)cc(C(C)(C)C)c1. The van der Waals surface area contributed by atoms with Crippen LogP contribution in [0.4, 0.5) is 0 Å². The van der Waals surface area contributed by atoms with Gasteiger partial charge >= 0.3 is 0 Å². The molecular formula is C29H40ClN5O. The summed E-state index contributed by atoms with van der Waals surface area (Å²) in [4.78, 5) is 13.2. The molecule has 0 atom stereocenters. The summed E-state index contributed by atoms with van der Waals surface area (Å²) in [6.07, 6.45) is 8.68. The standard InChI is InChI=1S/C29H40ClN5O/c1-28(2,3)20-15-21(29(4,5)6)17-23(16-20)35-24(14-19-10-8-7-9-11-19)25(30)26(34-35)27(36)31-18-22-12-13-32-33-22/h12-13,15-17,19H,7-11,14,18H2,1-6H3,(H,31,36)(H,32,33). The zero-order valence-corrected chi connectivity index (χ0v) is 23.3. The molecule has 0 spiro atoms. The van der Waals surface area contributed by atoms with E-state index >= 15 is 0 Å². The van der Waals surface area contributed by atoms with Crippen molar-refractivity contribution in [2.75, 3.05) is 0 Å². The molecule has 6 nitrogen and oxygen atoms in total. The van der Waals surface area contributed by atoms with Crippen molar-refractivity contribution in [2.24, 2.45) is 5.92 Å². The van der Waals surface area contributed by atoms with Crippen LogP contribution >= 0.6 is 11.6 Å². The normalized spacial score (nSPS) is 15.3. The number of nitrogens with one attached hydrogen (secondary N) is 2. The molecule has 0 bridgehead atoms. The lowest BCUT2D eigenvalue weighted by Crippen LogP contribution is -2.24. The molecule has 1 aliphatic carbocycles. The summed E-state index contributed by atoms with van der Waals surface area (Å²) in [7, 11) is 0. The second-order valence-electron chi connectivity index (χ2n) is 12.3. The molecule has 3 aromatic rings. The molecular weight excluding hydrogens is 470 g/mol. The van der Waals surface area contributed by atoms with Crippen molar-refractivity contribution in [1.29, 1.82) is 0 Å². The van der Waals surface area contributed by atoms with E-state index in [1.807, 2.05) is 10.7 Å². The number of benzene rings is 1. The van der Waals surface area contributed by atoms with Crippen LogP contribution in [-0.2, 0) is 23.8 Å².